The Balaban J connectivity index is 0.00000420. The monoisotopic (exact) mass is 538 g/mol. The zero-order valence-electron chi connectivity index (χ0n) is 17.9. The van der Waals surface area contributed by atoms with Crippen LogP contribution in [-0.4, -0.2) is 54.8 Å². The highest BCUT2D eigenvalue weighted by molar-refractivity contribution is 14.0. The summed E-state index contributed by atoms with van der Waals surface area (Å²) in [4.78, 5) is 4.57. The van der Waals surface area contributed by atoms with Crippen LogP contribution in [0.5, 0.6) is 0 Å². The fraction of sp³-hybridized carbons (Fsp3) is 0.650. The number of aliphatic imine (C=N–C) groups is 1. The number of rotatable bonds is 10. The van der Waals surface area contributed by atoms with E-state index < -0.39 is 10.0 Å². The quantitative estimate of drug-likeness (QED) is 0.184. The molecule has 0 amide bonds. The van der Waals surface area contributed by atoms with Crippen molar-refractivity contribution >= 4 is 40.0 Å². The third kappa shape index (κ3) is 7.69. The minimum absolute atomic E-state index is 0. The lowest BCUT2D eigenvalue weighted by atomic mass is 9.67. The summed E-state index contributed by atoms with van der Waals surface area (Å²) in [5.41, 5.74) is 1.95. The highest BCUT2D eigenvalue weighted by Crippen LogP contribution is 2.43. The van der Waals surface area contributed by atoms with E-state index in [4.69, 9.17) is 4.74 Å². The van der Waals surface area contributed by atoms with Crippen molar-refractivity contribution in [2.24, 2.45) is 10.4 Å². The fourth-order valence-corrected chi connectivity index (χ4v) is 4.80. The molecule has 0 spiro atoms. The summed E-state index contributed by atoms with van der Waals surface area (Å²) >= 11 is 0. The number of halogens is 1. The molecule has 0 saturated heterocycles. The molecule has 1 aromatic carbocycles. The number of guanidine groups is 1. The van der Waals surface area contributed by atoms with Gasteiger partial charge in [0.2, 0.25) is 10.0 Å². The Kier molecular flexibility index (Phi) is 10.9. The van der Waals surface area contributed by atoms with Crippen molar-refractivity contribution < 1.29 is 13.2 Å². The lowest BCUT2D eigenvalue weighted by Gasteiger charge is -2.42. The lowest BCUT2D eigenvalue weighted by Crippen LogP contribution is -2.48. The van der Waals surface area contributed by atoms with Gasteiger partial charge in [0.05, 0.1) is 4.90 Å². The van der Waals surface area contributed by atoms with E-state index in [2.05, 4.69) is 20.3 Å². The maximum atomic E-state index is 12.5. The van der Waals surface area contributed by atoms with Crippen LogP contribution < -0.4 is 15.4 Å². The second-order valence-corrected chi connectivity index (χ2v) is 9.35. The van der Waals surface area contributed by atoms with Gasteiger partial charge in [-0.2, -0.15) is 0 Å². The van der Waals surface area contributed by atoms with Gasteiger partial charge in [0, 0.05) is 40.4 Å². The molecular weight excluding hydrogens is 503 g/mol. The molecule has 1 aliphatic rings. The average molecular weight is 538 g/mol. The Morgan fingerprint density at radius 2 is 1.93 bits per heavy atom. The fourth-order valence-electron chi connectivity index (χ4n) is 3.44. The number of nitrogens with one attached hydrogen (secondary N) is 3. The predicted molar refractivity (Wildman–Crippen MR) is 129 cm³/mol. The molecular formula is C20H35IN4O3S. The van der Waals surface area contributed by atoms with Gasteiger partial charge in [-0.1, -0.05) is 18.6 Å². The van der Waals surface area contributed by atoms with Gasteiger partial charge in [0.15, 0.2) is 5.96 Å². The molecule has 1 aromatic rings. The van der Waals surface area contributed by atoms with Crippen molar-refractivity contribution in [2.75, 3.05) is 40.4 Å². The number of benzene rings is 1. The summed E-state index contributed by atoms with van der Waals surface area (Å²) in [7, 11) is -0.0668. The number of ether oxygens (including phenoxy) is 1. The molecule has 1 aliphatic carbocycles. The van der Waals surface area contributed by atoms with Gasteiger partial charge in [0.25, 0.3) is 0 Å². The van der Waals surface area contributed by atoms with Crippen molar-refractivity contribution in [1.82, 2.24) is 15.4 Å². The van der Waals surface area contributed by atoms with Crippen LogP contribution in [-0.2, 0) is 14.8 Å². The second-order valence-electron chi connectivity index (χ2n) is 7.62. The Hall–Kier alpha value is -0.910. The lowest BCUT2D eigenvalue weighted by molar-refractivity contribution is 0.0732. The normalized spacial score (nSPS) is 15.9. The Morgan fingerprint density at radius 1 is 1.21 bits per heavy atom. The summed E-state index contributed by atoms with van der Waals surface area (Å²) < 4.78 is 32.9. The van der Waals surface area contributed by atoms with E-state index in [1.54, 1.807) is 27.1 Å². The molecule has 0 unspecified atom stereocenters. The van der Waals surface area contributed by atoms with Crippen LogP contribution in [0.4, 0.5) is 0 Å². The van der Waals surface area contributed by atoms with Crippen LogP contribution in [0, 0.1) is 19.3 Å². The summed E-state index contributed by atoms with van der Waals surface area (Å²) in [6.07, 6.45) is 4.71. The van der Waals surface area contributed by atoms with Gasteiger partial charge < -0.3 is 15.4 Å². The Labute approximate surface area is 192 Å². The molecule has 0 atom stereocenters. The SMILES string of the molecule is CN=C(NCCNS(=O)(=O)c1cc(C)ccc1C)NCC1(CCOC)CCC1.I. The zero-order valence-corrected chi connectivity index (χ0v) is 21.0. The second kappa shape index (κ2) is 12.1. The number of hydrogen-bond acceptors (Lipinski definition) is 4. The third-order valence-corrected chi connectivity index (χ3v) is 7.05. The van der Waals surface area contributed by atoms with E-state index in [0.29, 0.717) is 17.4 Å². The zero-order chi connectivity index (χ0) is 20.6. The van der Waals surface area contributed by atoms with E-state index in [1.807, 2.05) is 19.1 Å². The van der Waals surface area contributed by atoms with Crippen molar-refractivity contribution in [3.63, 3.8) is 0 Å². The molecule has 0 aromatic heterocycles. The van der Waals surface area contributed by atoms with Crippen molar-refractivity contribution in [1.29, 1.82) is 0 Å². The van der Waals surface area contributed by atoms with Gasteiger partial charge in [-0.25, -0.2) is 13.1 Å². The van der Waals surface area contributed by atoms with Crippen molar-refractivity contribution in [2.45, 2.75) is 44.4 Å². The number of hydrogen-bond donors (Lipinski definition) is 3. The summed E-state index contributed by atoms with van der Waals surface area (Å²) in [6, 6.07) is 5.44. The van der Waals surface area contributed by atoms with Crippen LogP contribution in [0.25, 0.3) is 0 Å². The highest BCUT2D eigenvalue weighted by atomic mass is 127. The van der Waals surface area contributed by atoms with Gasteiger partial charge in [-0.3, -0.25) is 4.99 Å². The molecule has 166 valence electrons. The van der Waals surface area contributed by atoms with Crippen LogP contribution in [0.2, 0.25) is 0 Å². The summed E-state index contributed by atoms with van der Waals surface area (Å²) in [6.45, 7) is 6.05. The molecule has 1 saturated carbocycles. The van der Waals surface area contributed by atoms with Gasteiger partial charge in [-0.15, -0.1) is 24.0 Å². The standard InChI is InChI=1S/C20H34N4O3S.HI/c1-16-6-7-17(2)18(14-16)28(25,26)24-12-11-22-19(21-3)23-15-20(8-5-9-20)10-13-27-4;/h6-7,14,24H,5,8-13,15H2,1-4H3,(H2,21,22,23);1H. The van der Waals surface area contributed by atoms with Crippen LogP contribution in [0.3, 0.4) is 0 Å². The number of aryl methyl sites for hydroxylation is 2. The van der Waals surface area contributed by atoms with Crippen LogP contribution in [0.1, 0.15) is 36.8 Å². The minimum Gasteiger partial charge on any atom is -0.385 e. The van der Waals surface area contributed by atoms with E-state index >= 15 is 0 Å². The van der Waals surface area contributed by atoms with E-state index in [9.17, 15) is 8.42 Å². The first-order valence-electron chi connectivity index (χ1n) is 9.82. The van der Waals surface area contributed by atoms with Crippen molar-refractivity contribution in [3.05, 3.63) is 29.3 Å². The molecule has 0 aliphatic heterocycles. The average Bonchev–Trinajstić information content (AvgIpc) is 2.64. The van der Waals surface area contributed by atoms with Crippen LogP contribution >= 0.6 is 24.0 Å². The molecule has 0 radical (unpaired) electrons. The van der Waals surface area contributed by atoms with E-state index in [1.165, 1.54) is 19.3 Å². The van der Waals surface area contributed by atoms with E-state index in [-0.39, 0.29) is 35.9 Å². The van der Waals surface area contributed by atoms with Gasteiger partial charge >= 0.3 is 0 Å². The molecule has 0 bridgehead atoms. The third-order valence-electron chi connectivity index (χ3n) is 5.45. The number of methoxy groups -OCH3 is 1. The molecule has 9 heteroatoms. The molecule has 29 heavy (non-hydrogen) atoms. The molecule has 3 N–H and O–H groups in total. The topological polar surface area (TPSA) is 91.8 Å². The minimum atomic E-state index is -3.52. The summed E-state index contributed by atoms with van der Waals surface area (Å²) in [5.74, 6) is 0.689. The first kappa shape index (κ1) is 26.1. The largest absolute Gasteiger partial charge is 0.385 e. The maximum Gasteiger partial charge on any atom is 0.240 e. The maximum absolute atomic E-state index is 12.5. The van der Waals surface area contributed by atoms with Crippen molar-refractivity contribution in [3.8, 4) is 0 Å². The smallest absolute Gasteiger partial charge is 0.240 e. The molecule has 0 heterocycles. The molecule has 2 rings (SSSR count). The first-order chi connectivity index (χ1) is 13.3. The number of nitrogens with zero attached hydrogens (tertiary/aromatic N) is 1. The highest BCUT2D eigenvalue weighted by Gasteiger charge is 2.36. The number of sulfonamides is 1. The van der Waals surface area contributed by atoms with Crippen LogP contribution in [0.15, 0.2) is 28.1 Å². The predicted octanol–water partition coefficient (Wildman–Crippen LogP) is 2.57. The molecule has 1 fully saturated rings. The Morgan fingerprint density at radius 3 is 2.52 bits per heavy atom. The Bertz CT molecular complexity index is 780. The van der Waals surface area contributed by atoms with Gasteiger partial charge in [-0.05, 0) is 55.7 Å². The first-order valence-corrected chi connectivity index (χ1v) is 11.3. The molecule has 7 nitrogen and oxygen atoms in total. The summed E-state index contributed by atoms with van der Waals surface area (Å²) in [5, 5.41) is 6.55. The van der Waals surface area contributed by atoms with E-state index in [0.717, 1.165) is 30.7 Å². The van der Waals surface area contributed by atoms with Gasteiger partial charge in [0.1, 0.15) is 0 Å².